The number of piperidine rings is 1. The number of esters is 1. The van der Waals surface area contributed by atoms with Crippen LogP contribution in [-0.4, -0.2) is 48.1 Å². The molecule has 0 spiro atoms. The monoisotopic (exact) mass is 398 g/mol. The fourth-order valence-corrected chi connectivity index (χ4v) is 3.38. The second kappa shape index (κ2) is 10.1. The van der Waals surface area contributed by atoms with Crippen molar-refractivity contribution in [3.63, 3.8) is 0 Å². The molecule has 0 unspecified atom stereocenters. The molecule has 1 aliphatic heterocycles. The van der Waals surface area contributed by atoms with E-state index < -0.39 is 0 Å². The summed E-state index contributed by atoms with van der Waals surface area (Å²) in [6.45, 7) is 9.16. The number of oxazole rings is 1. The van der Waals surface area contributed by atoms with Crippen molar-refractivity contribution in [3.05, 3.63) is 41.8 Å². The van der Waals surface area contributed by atoms with E-state index in [0.29, 0.717) is 19.0 Å². The summed E-state index contributed by atoms with van der Waals surface area (Å²) in [5.74, 6) is 1.35. The molecule has 156 valence electrons. The number of nitrogens with one attached hydrogen (secondary N) is 1. The number of aryl methyl sites for hydroxylation is 1. The molecule has 1 N–H and O–H groups in total. The first-order valence-electron chi connectivity index (χ1n) is 10.3. The number of carbonyl (C=O) groups excluding carboxylic acids is 1. The summed E-state index contributed by atoms with van der Waals surface area (Å²) in [6, 6.07) is 8.10. The van der Waals surface area contributed by atoms with Gasteiger partial charge in [0, 0.05) is 25.2 Å². The van der Waals surface area contributed by atoms with Crippen molar-refractivity contribution in [2.24, 2.45) is 10.9 Å². The van der Waals surface area contributed by atoms with Crippen LogP contribution < -0.4 is 5.32 Å². The second-order valence-electron chi connectivity index (χ2n) is 7.19. The van der Waals surface area contributed by atoms with Crippen LogP contribution in [0.3, 0.4) is 0 Å². The molecule has 2 heterocycles. The lowest BCUT2D eigenvalue weighted by Gasteiger charge is -2.33. The molecule has 1 fully saturated rings. The van der Waals surface area contributed by atoms with Crippen molar-refractivity contribution in [3.8, 4) is 11.5 Å². The van der Waals surface area contributed by atoms with Crippen molar-refractivity contribution in [1.29, 1.82) is 0 Å². The SMILES string of the molecule is CCNC(=NCc1coc(-c2ccc(C)cc2)n1)N1CCC(C(=O)OCC)CC1. The number of hydrogen-bond donors (Lipinski definition) is 1. The molecule has 7 nitrogen and oxygen atoms in total. The topological polar surface area (TPSA) is 80.0 Å². The van der Waals surface area contributed by atoms with Gasteiger partial charge in [0.15, 0.2) is 5.96 Å². The first-order valence-corrected chi connectivity index (χ1v) is 10.3. The average Bonchev–Trinajstić information content (AvgIpc) is 3.21. The zero-order chi connectivity index (χ0) is 20.6. The van der Waals surface area contributed by atoms with Crippen molar-refractivity contribution >= 4 is 11.9 Å². The van der Waals surface area contributed by atoms with Gasteiger partial charge in [0.1, 0.15) is 12.0 Å². The highest BCUT2D eigenvalue weighted by Gasteiger charge is 2.27. The number of likely N-dealkylation sites (tertiary alicyclic amines) is 1. The summed E-state index contributed by atoms with van der Waals surface area (Å²) in [6.07, 6.45) is 3.23. The third-order valence-corrected chi connectivity index (χ3v) is 4.99. The van der Waals surface area contributed by atoms with Crippen LogP contribution in [0.15, 0.2) is 39.9 Å². The van der Waals surface area contributed by atoms with Gasteiger partial charge in [-0.05, 0) is 45.7 Å². The Morgan fingerprint density at radius 3 is 2.66 bits per heavy atom. The molecule has 0 bridgehead atoms. The third-order valence-electron chi connectivity index (χ3n) is 4.99. The zero-order valence-electron chi connectivity index (χ0n) is 17.5. The van der Waals surface area contributed by atoms with Crippen LogP contribution >= 0.6 is 0 Å². The summed E-state index contributed by atoms with van der Waals surface area (Å²) in [4.78, 5) is 23.4. The quantitative estimate of drug-likeness (QED) is 0.456. The standard InChI is InChI=1S/C22H30N4O3/c1-4-23-22(26-12-10-18(11-13-26)21(27)28-5-2)24-14-19-15-29-20(25-19)17-8-6-16(3)7-9-17/h6-9,15,18H,4-5,10-14H2,1-3H3,(H,23,24). The Labute approximate surface area is 172 Å². The van der Waals surface area contributed by atoms with Crippen molar-refractivity contribution in [2.75, 3.05) is 26.2 Å². The second-order valence-corrected chi connectivity index (χ2v) is 7.19. The van der Waals surface area contributed by atoms with E-state index in [1.165, 1.54) is 5.56 Å². The highest BCUT2D eigenvalue weighted by Crippen LogP contribution is 2.21. The molecule has 1 aromatic carbocycles. The lowest BCUT2D eigenvalue weighted by Crippen LogP contribution is -2.46. The normalized spacial score (nSPS) is 15.4. The zero-order valence-corrected chi connectivity index (χ0v) is 17.5. The molecule has 7 heteroatoms. The fraction of sp³-hybridized carbons (Fsp3) is 0.500. The molecule has 1 aromatic heterocycles. The molecule has 0 saturated carbocycles. The van der Waals surface area contributed by atoms with Gasteiger partial charge in [-0.15, -0.1) is 0 Å². The number of aliphatic imine (C=N–C) groups is 1. The molecule has 2 aromatic rings. The molecule has 0 amide bonds. The third kappa shape index (κ3) is 5.59. The van der Waals surface area contributed by atoms with E-state index in [-0.39, 0.29) is 11.9 Å². The predicted molar refractivity (Wildman–Crippen MR) is 112 cm³/mol. The van der Waals surface area contributed by atoms with Gasteiger partial charge in [-0.3, -0.25) is 4.79 Å². The lowest BCUT2D eigenvalue weighted by atomic mass is 9.97. The van der Waals surface area contributed by atoms with E-state index in [4.69, 9.17) is 14.1 Å². The van der Waals surface area contributed by atoms with E-state index in [9.17, 15) is 4.79 Å². The van der Waals surface area contributed by atoms with Crippen LogP contribution in [0.4, 0.5) is 0 Å². The van der Waals surface area contributed by atoms with Crippen LogP contribution in [0.25, 0.3) is 11.5 Å². The average molecular weight is 399 g/mol. The lowest BCUT2D eigenvalue weighted by molar-refractivity contribution is -0.149. The van der Waals surface area contributed by atoms with E-state index >= 15 is 0 Å². The minimum atomic E-state index is -0.0830. The minimum Gasteiger partial charge on any atom is -0.466 e. The van der Waals surface area contributed by atoms with Gasteiger partial charge in [0.25, 0.3) is 0 Å². The highest BCUT2D eigenvalue weighted by atomic mass is 16.5. The molecule has 1 saturated heterocycles. The Balaban J connectivity index is 1.61. The number of rotatable bonds is 6. The summed E-state index contributed by atoms with van der Waals surface area (Å²) in [7, 11) is 0. The Bertz CT molecular complexity index is 821. The largest absolute Gasteiger partial charge is 0.466 e. The highest BCUT2D eigenvalue weighted by molar-refractivity contribution is 5.80. The maximum atomic E-state index is 11.9. The van der Waals surface area contributed by atoms with Gasteiger partial charge in [-0.25, -0.2) is 9.98 Å². The fourth-order valence-electron chi connectivity index (χ4n) is 3.38. The summed E-state index contributed by atoms with van der Waals surface area (Å²) in [5, 5.41) is 3.34. The minimum absolute atomic E-state index is 0.0123. The molecule has 0 atom stereocenters. The van der Waals surface area contributed by atoms with Gasteiger partial charge in [0.2, 0.25) is 5.89 Å². The van der Waals surface area contributed by atoms with Crippen molar-refractivity contribution in [1.82, 2.24) is 15.2 Å². The van der Waals surface area contributed by atoms with Crippen molar-refractivity contribution in [2.45, 2.75) is 40.2 Å². The summed E-state index contributed by atoms with van der Waals surface area (Å²) in [5.41, 5.74) is 2.95. The first kappa shape index (κ1) is 20.9. The predicted octanol–water partition coefficient (Wildman–Crippen LogP) is 3.39. The van der Waals surface area contributed by atoms with Crippen molar-refractivity contribution < 1.29 is 13.9 Å². The number of benzene rings is 1. The Morgan fingerprint density at radius 2 is 2.00 bits per heavy atom. The number of nitrogens with zero attached hydrogens (tertiary/aromatic N) is 3. The van der Waals surface area contributed by atoms with Crippen LogP contribution in [-0.2, 0) is 16.1 Å². The number of carbonyl (C=O) groups is 1. The summed E-state index contributed by atoms with van der Waals surface area (Å²) >= 11 is 0. The number of ether oxygens (including phenoxy) is 1. The Morgan fingerprint density at radius 1 is 1.28 bits per heavy atom. The maximum absolute atomic E-state index is 11.9. The molecular weight excluding hydrogens is 368 g/mol. The smallest absolute Gasteiger partial charge is 0.309 e. The van der Waals surface area contributed by atoms with Gasteiger partial charge in [-0.2, -0.15) is 0 Å². The maximum Gasteiger partial charge on any atom is 0.309 e. The van der Waals surface area contributed by atoms with Crippen LogP contribution in [0.1, 0.15) is 37.9 Å². The Hall–Kier alpha value is -2.83. The molecule has 3 rings (SSSR count). The van der Waals surface area contributed by atoms with Gasteiger partial charge in [-0.1, -0.05) is 17.7 Å². The number of guanidine groups is 1. The molecular formula is C22H30N4O3. The van der Waals surface area contributed by atoms with E-state index in [0.717, 1.165) is 49.7 Å². The number of aromatic nitrogens is 1. The molecule has 0 aliphatic carbocycles. The van der Waals surface area contributed by atoms with E-state index in [1.807, 2.05) is 38.1 Å². The Kier molecular flexibility index (Phi) is 7.27. The molecule has 0 radical (unpaired) electrons. The van der Waals surface area contributed by atoms with Crippen LogP contribution in [0.5, 0.6) is 0 Å². The number of hydrogen-bond acceptors (Lipinski definition) is 5. The van der Waals surface area contributed by atoms with Gasteiger partial charge >= 0.3 is 5.97 Å². The van der Waals surface area contributed by atoms with E-state index in [2.05, 4.69) is 22.1 Å². The summed E-state index contributed by atoms with van der Waals surface area (Å²) < 4.78 is 10.8. The van der Waals surface area contributed by atoms with Gasteiger partial charge in [0.05, 0.1) is 19.1 Å². The first-order chi connectivity index (χ1) is 14.1. The van der Waals surface area contributed by atoms with Crippen LogP contribution in [0.2, 0.25) is 0 Å². The molecule has 29 heavy (non-hydrogen) atoms. The van der Waals surface area contributed by atoms with E-state index in [1.54, 1.807) is 6.26 Å². The van der Waals surface area contributed by atoms with Gasteiger partial charge < -0.3 is 19.4 Å². The van der Waals surface area contributed by atoms with Crippen LogP contribution in [0, 0.1) is 12.8 Å². The molecule has 1 aliphatic rings.